The van der Waals surface area contributed by atoms with Gasteiger partial charge in [0.25, 0.3) is 0 Å². The average Bonchev–Trinajstić information content (AvgIpc) is 2.40. The number of hydrogen-bond acceptors (Lipinski definition) is 6. The summed E-state index contributed by atoms with van der Waals surface area (Å²) in [6, 6.07) is 0. The Hall–Kier alpha value is -0.530. The number of ether oxygens (including phenoxy) is 1. The molecular weight excluding hydrogens is 264 g/mol. The van der Waals surface area contributed by atoms with E-state index in [4.69, 9.17) is 4.74 Å². The Morgan fingerprint density at radius 3 is 2.25 bits per heavy atom. The van der Waals surface area contributed by atoms with Crippen molar-refractivity contribution in [3.8, 4) is 0 Å². The third-order valence-electron chi connectivity index (χ3n) is 4.65. The Morgan fingerprint density at radius 2 is 1.65 bits per heavy atom. The summed E-state index contributed by atoms with van der Waals surface area (Å²) in [5, 5.41) is 38.9. The van der Waals surface area contributed by atoms with E-state index in [1.54, 1.807) is 0 Å². The van der Waals surface area contributed by atoms with E-state index in [0.29, 0.717) is 19.3 Å². The lowest BCUT2D eigenvalue weighted by Gasteiger charge is -2.39. The molecule has 0 radical (unpaired) electrons. The van der Waals surface area contributed by atoms with Gasteiger partial charge in [-0.25, -0.2) is 0 Å². The van der Waals surface area contributed by atoms with Gasteiger partial charge in [0.1, 0.15) is 5.78 Å². The summed E-state index contributed by atoms with van der Waals surface area (Å²) in [5.41, 5.74) is 0. The van der Waals surface area contributed by atoms with Gasteiger partial charge in [-0.2, -0.15) is 0 Å². The fourth-order valence-electron chi connectivity index (χ4n) is 3.46. The Labute approximate surface area is 118 Å². The van der Waals surface area contributed by atoms with Crippen molar-refractivity contribution in [3.05, 3.63) is 0 Å². The van der Waals surface area contributed by atoms with Gasteiger partial charge < -0.3 is 25.2 Å². The minimum Gasteiger partial charge on any atom is -0.393 e. The second kappa shape index (κ2) is 6.49. The van der Waals surface area contributed by atoms with E-state index in [1.807, 2.05) is 0 Å². The Kier molecular flexibility index (Phi) is 5.14. The van der Waals surface area contributed by atoms with Crippen molar-refractivity contribution < 1.29 is 30.0 Å². The summed E-state index contributed by atoms with van der Waals surface area (Å²) in [6.45, 7) is 0. The highest BCUT2D eigenvalue weighted by Crippen LogP contribution is 2.34. The molecule has 6 heteroatoms. The molecule has 0 aromatic heterocycles. The van der Waals surface area contributed by atoms with E-state index in [2.05, 4.69) is 0 Å². The number of carbonyl (C=O) groups excluding carboxylic acids is 1. The summed E-state index contributed by atoms with van der Waals surface area (Å²) < 4.78 is 5.25. The zero-order valence-corrected chi connectivity index (χ0v) is 11.7. The smallest absolute Gasteiger partial charge is 0.144 e. The molecule has 6 nitrogen and oxygen atoms in total. The van der Waals surface area contributed by atoms with Crippen molar-refractivity contribution in [1.29, 1.82) is 0 Å². The lowest BCUT2D eigenvalue weighted by Crippen LogP contribution is -2.50. The highest BCUT2D eigenvalue weighted by Gasteiger charge is 2.44. The van der Waals surface area contributed by atoms with Crippen LogP contribution in [0.25, 0.3) is 0 Å². The van der Waals surface area contributed by atoms with Crippen LogP contribution in [0, 0.1) is 11.8 Å². The molecular formula is C14H24O6. The van der Waals surface area contributed by atoms with Crippen LogP contribution in [0.1, 0.15) is 32.1 Å². The molecule has 20 heavy (non-hydrogen) atoms. The monoisotopic (exact) mass is 288 g/mol. The van der Waals surface area contributed by atoms with Crippen LogP contribution >= 0.6 is 0 Å². The van der Waals surface area contributed by atoms with Crippen molar-refractivity contribution in [3.63, 3.8) is 0 Å². The predicted octanol–water partition coefficient (Wildman–Crippen LogP) is -0.776. The number of hydrogen-bond donors (Lipinski definition) is 4. The van der Waals surface area contributed by atoms with E-state index in [9.17, 15) is 25.2 Å². The van der Waals surface area contributed by atoms with E-state index < -0.39 is 36.4 Å². The van der Waals surface area contributed by atoms with E-state index in [0.717, 1.165) is 0 Å². The van der Waals surface area contributed by atoms with Crippen molar-refractivity contribution >= 4 is 5.78 Å². The topological polar surface area (TPSA) is 107 Å². The van der Waals surface area contributed by atoms with Crippen molar-refractivity contribution in [2.75, 3.05) is 7.11 Å². The predicted molar refractivity (Wildman–Crippen MR) is 69.9 cm³/mol. The number of Topliss-reactive ketones (excluding diaryl/α,β-unsaturated/α-hetero) is 1. The lowest BCUT2D eigenvalue weighted by molar-refractivity contribution is -0.150. The molecule has 2 aliphatic carbocycles. The molecule has 0 saturated heterocycles. The molecule has 0 aliphatic heterocycles. The quantitative estimate of drug-likeness (QED) is 0.543. The lowest BCUT2D eigenvalue weighted by atomic mass is 9.72. The molecule has 0 aromatic carbocycles. The van der Waals surface area contributed by atoms with Gasteiger partial charge in [-0.3, -0.25) is 4.79 Å². The summed E-state index contributed by atoms with van der Waals surface area (Å²) in [6.07, 6.45) is -2.08. The van der Waals surface area contributed by atoms with Crippen LogP contribution < -0.4 is 0 Å². The van der Waals surface area contributed by atoms with Gasteiger partial charge in [0.15, 0.2) is 0 Å². The maximum atomic E-state index is 12.6. The fourth-order valence-corrected chi connectivity index (χ4v) is 3.46. The van der Waals surface area contributed by atoms with Gasteiger partial charge in [0.2, 0.25) is 0 Å². The van der Waals surface area contributed by atoms with Crippen LogP contribution in [0.5, 0.6) is 0 Å². The first-order valence-corrected chi connectivity index (χ1v) is 7.22. The normalized spacial score (nSPS) is 46.1. The first-order valence-electron chi connectivity index (χ1n) is 7.22. The zero-order valence-electron chi connectivity index (χ0n) is 11.7. The van der Waals surface area contributed by atoms with Crippen LogP contribution in [0.15, 0.2) is 0 Å². The third kappa shape index (κ3) is 3.20. The van der Waals surface area contributed by atoms with Crippen molar-refractivity contribution in [1.82, 2.24) is 0 Å². The number of aliphatic hydroxyl groups is 4. The molecule has 0 amide bonds. The molecule has 0 aromatic rings. The van der Waals surface area contributed by atoms with E-state index in [1.165, 1.54) is 7.11 Å². The van der Waals surface area contributed by atoms with Crippen LogP contribution in [0.4, 0.5) is 0 Å². The van der Waals surface area contributed by atoms with Gasteiger partial charge >= 0.3 is 0 Å². The Bertz CT molecular complexity index is 347. The number of carbonyl (C=O) groups is 1. The van der Waals surface area contributed by atoms with Gasteiger partial charge in [0, 0.05) is 25.9 Å². The third-order valence-corrected chi connectivity index (χ3v) is 4.65. The Morgan fingerprint density at radius 1 is 0.950 bits per heavy atom. The molecule has 7 atom stereocenters. The standard InChI is InChI=1S/C14H24O6/c1-20-12-6-8(15)5-11(18)13(12)14(19)7-2-3-9(16)10(17)4-7/h7-13,15-18H,2-6H2,1H3. The van der Waals surface area contributed by atoms with Gasteiger partial charge in [-0.05, 0) is 19.3 Å². The SMILES string of the molecule is COC1CC(O)CC(O)C1C(=O)C1CCC(O)C(O)C1. The number of aliphatic hydroxyl groups excluding tert-OH is 4. The van der Waals surface area contributed by atoms with Crippen LogP contribution in [-0.2, 0) is 9.53 Å². The van der Waals surface area contributed by atoms with Crippen LogP contribution in [0.3, 0.4) is 0 Å². The minimum absolute atomic E-state index is 0.123. The van der Waals surface area contributed by atoms with Crippen LogP contribution in [-0.4, -0.2) is 63.8 Å². The Balaban J connectivity index is 2.06. The van der Waals surface area contributed by atoms with Gasteiger partial charge in [-0.1, -0.05) is 0 Å². The second-order valence-electron chi connectivity index (χ2n) is 6.04. The summed E-state index contributed by atoms with van der Waals surface area (Å²) in [5.74, 6) is -1.14. The highest BCUT2D eigenvalue weighted by molar-refractivity contribution is 5.84. The number of methoxy groups -OCH3 is 1. The van der Waals surface area contributed by atoms with Crippen molar-refractivity contribution in [2.45, 2.75) is 62.6 Å². The summed E-state index contributed by atoms with van der Waals surface area (Å²) in [7, 11) is 1.47. The molecule has 2 fully saturated rings. The van der Waals surface area contributed by atoms with E-state index in [-0.39, 0.29) is 24.5 Å². The number of ketones is 1. The summed E-state index contributed by atoms with van der Waals surface area (Å²) >= 11 is 0. The van der Waals surface area contributed by atoms with Crippen molar-refractivity contribution in [2.24, 2.45) is 11.8 Å². The molecule has 0 spiro atoms. The highest BCUT2D eigenvalue weighted by atomic mass is 16.5. The zero-order chi connectivity index (χ0) is 14.9. The summed E-state index contributed by atoms with van der Waals surface area (Å²) in [4.78, 5) is 12.6. The average molecular weight is 288 g/mol. The van der Waals surface area contributed by atoms with E-state index >= 15 is 0 Å². The molecule has 7 unspecified atom stereocenters. The fraction of sp³-hybridized carbons (Fsp3) is 0.929. The first-order chi connectivity index (χ1) is 9.43. The maximum Gasteiger partial charge on any atom is 0.144 e. The molecule has 116 valence electrons. The van der Waals surface area contributed by atoms with Crippen LogP contribution in [0.2, 0.25) is 0 Å². The molecule has 2 aliphatic rings. The van der Waals surface area contributed by atoms with Gasteiger partial charge in [0.05, 0.1) is 36.4 Å². The van der Waals surface area contributed by atoms with Gasteiger partial charge in [-0.15, -0.1) is 0 Å². The molecule has 2 saturated carbocycles. The second-order valence-corrected chi connectivity index (χ2v) is 6.04. The first kappa shape index (κ1) is 15.9. The molecule has 4 N–H and O–H groups in total. The molecule has 2 rings (SSSR count). The number of rotatable bonds is 3. The maximum absolute atomic E-state index is 12.6. The largest absolute Gasteiger partial charge is 0.393 e. The minimum atomic E-state index is -0.916. The molecule has 0 bridgehead atoms. The molecule has 0 heterocycles.